The second-order valence-corrected chi connectivity index (χ2v) is 12.3. The van der Waals surface area contributed by atoms with Gasteiger partial charge >= 0.3 is 21.6 Å². The Bertz CT molecular complexity index is 1570. The van der Waals surface area contributed by atoms with Crippen LogP contribution in [0.1, 0.15) is 30.5 Å². The van der Waals surface area contributed by atoms with Crippen LogP contribution in [-0.2, 0) is 23.1 Å². The first-order valence-electron chi connectivity index (χ1n) is 12.8. The van der Waals surface area contributed by atoms with Crippen molar-refractivity contribution in [1.82, 2.24) is 14.9 Å². The van der Waals surface area contributed by atoms with Crippen LogP contribution in [0.3, 0.4) is 0 Å². The maximum atomic E-state index is 14.2. The highest BCUT2D eigenvalue weighted by Gasteiger charge is 2.50. The van der Waals surface area contributed by atoms with E-state index in [1.54, 1.807) is 6.07 Å². The van der Waals surface area contributed by atoms with Gasteiger partial charge in [0.15, 0.2) is 0 Å². The Balaban J connectivity index is 1.36. The molecule has 3 aromatic rings. The molecule has 0 amide bonds. The minimum Gasteiger partial charge on any atom is -0.461 e. The molecule has 0 bridgehead atoms. The zero-order valence-electron chi connectivity index (χ0n) is 21.1. The quantitative estimate of drug-likeness (QED) is 0.221. The van der Waals surface area contributed by atoms with E-state index in [1.165, 1.54) is 0 Å². The molecule has 4 heterocycles. The summed E-state index contributed by atoms with van der Waals surface area (Å²) in [7, 11) is -5.99. The standard InChI is InChI=1S/C26H25ClF4N4O4S/c27-19-6-1-4-16-5-2-7-21(22(16)19)34-11-8-18-20(14-34)32-24(33-23(18)39-40(36,37)26(29,30)31)38-15-25-9-3-10-35(25)13-17(28)12-25/h1-2,4-7,17H,3,8-15H2/t17-,25?/m1/s1. The summed E-state index contributed by atoms with van der Waals surface area (Å²) in [5.41, 5.74) is -5.00. The Labute approximate surface area is 233 Å². The molecule has 0 spiro atoms. The monoisotopic (exact) mass is 600 g/mol. The summed E-state index contributed by atoms with van der Waals surface area (Å²) in [6.45, 7) is 1.45. The SMILES string of the molecule is O=S(=O)(Oc1nc(OCC23CCCN2C[C@H](F)C3)nc2c1CCN(c1cccc3cccc(Cl)c13)C2)C(F)(F)F. The highest BCUT2D eigenvalue weighted by atomic mass is 35.5. The molecule has 0 radical (unpaired) electrons. The normalized spacial score (nSPS) is 23.3. The van der Waals surface area contributed by atoms with E-state index < -0.39 is 33.2 Å². The van der Waals surface area contributed by atoms with E-state index in [4.69, 9.17) is 16.3 Å². The Morgan fingerprint density at radius 1 is 1.12 bits per heavy atom. The predicted molar refractivity (Wildman–Crippen MR) is 140 cm³/mol. The van der Waals surface area contributed by atoms with Gasteiger partial charge in [-0.25, -0.2) is 4.39 Å². The van der Waals surface area contributed by atoms with Crippen molar-refractivity contribution in [3.05, 3.63) is 52.7 Å². The predicted octanol–water partition coefficient (Wildman–Crippen LogP) is 5.03. The smallest absolute Gasteiger partial charge is 0.461 e. The Kier molecular flexibility index (Phi) is 6.74. The average Bonchev–Trinajstić information content (AvgIpc) is 3.42. The fraction of sp³-hybridized carbons (Fsp3) is 0.462. The summed E-state index contributed by atoms with van der Waals surface area (Å²) in [6, 6.07) is 10.9. The number of hydrogen-bond acceptors (Lipinski definition) is 8. The summed E-state index contributed by atoms with van der Waals surface area (Å²) in [5.74, 6) is -0.719. The maximum absolute atomic E-state index is 14.2. The van der Waals surface area contributed by atoms with Crippen LogP contribution in [0.2, 0.25) is 5.02 Å². The van der Waals surface area contributed by atoms with E-state index in [9.17, 15) is 26.0 Å². The van der Waals surface area contributed by atoms with E-state index in [-0.39, 0.29) is 49.8 Å². The molecule has 2 fully saturated rings. The van der Waals surface area contributed by atoms with Gasteiger partial charge in [0, 0.05) is 36.1 Å². The lowest BCUT2D eigenvalue weighted by Gasteiger charge is -2.32. The summed E-state index contributed by atoms with van der Waals surface area (Å²) in [4.78, 5) is 12.4. The van der Waals surface area contributed by atoms with Crippen LogP contribution in [0.5, 0.6) is 11.9 Å². The maximum Gasteiger partial charge on any atom is 0.534 e. The van der Waals surface area contributed by atoms with Crippen molar-refractivity contribution in [2.75, 3.05) is 31.1 Å². The summed E-state index contributed by atoms with van der Waals surface area (Å²) in [6.07, 6.45) is 0.923. The molecule has 3 aliphatic rings. The first-order chi connectivity index (χ1) is 19.0. The third-order valence-electron chi connectivity index (χ3n) is 7.88. The molecule has 40 heavy (non-hydrogen) atoms. The molecule has 2 atom stereocenters. The van der Waals surface area contributed by atoms with Crippen LogP contribution >= 0.6 is 11.6 Å². The fourth-order valence-electron chi connectivity index (χ4n) is 6.05. The van der Waals surface area contributed by atoms with Crippen LogP contribution in [-0.4, -0.2) is 66.7 Å². The summed E-state index contributed by atoms with van der Waals surface area (Å²) in [5, 5.41) is 2.25. The molecule has 1 aromatic heterocycles. The van der Waals surface area contributed by atoms with Gasteiger partial charge in [0.05, 0.1) is 22.8 Å². The van der Waals surface area contributed by atoms with Gasteiger partial charge in [0.2, 0.25) is 5.88 Å². The van der Waals surface area contributed by atoms with Crippen molar-refractivity contribution < 1.29 is 34.9 Å². The van der Waals surface area contributed by atoms with Crippen molar-refractivity contribution in [2.45, 2.75) is 49.4 Å². The number of ether oxygens (including phenoxy) is 1. The van der Waals surface area contributed by atoms with Crippen LogP contribution in [0.25, 0.3) is 10.8 Å². The summed E-state index contributed by atoms with van der Waals surface area (Å²) < 4.78 is 88.0. The lowest BCUT2D eigenvalue weighted by molar-refractivity contribution is -0.0502. The third-order valence-corrected chi connectivity index (χ3v) is 9.14. The molecule has 6 rings (SSSR count). The first kappa shape index (κ1) is 27.3. The Morgan fingerprint density at radius 2 is 1.90 bits per heavy atom. The number of halogens is 5. The van der Waals surface area contributed by atoms with Crippen LogP contribution in [0.15, 0.2) is 36.4 Å². The van der Waals surface area contributed by atoms with Gasteiger partial charge in [-0.3, -0.25) is 4.90 Å². The first-order valence-corrected chi connectivity index (χ1v) is 14.6. The lowest BCUT2D eigenvalue weighted by atomic mass is 9.95. The minimum atomic E-state index is -5.99. The van der Waals surface area contributed by atoms with Gasteiger partial charge in [-0.05, 0) is 43.3 Å². The number of alkyl halides is 4. The number of fused-ring (bicyclic) bond motifs is 3. The van der Waals surface area contributed by atoms with Crippen molar-refractivity contribution in [3.8, 4) is 11.9 Å². The van der Waals surface area contributed by atoms with Crippen molar-refractivity contribution in [3.63, 3.8) is 0 Å². The minimum absolute atomic E-state index is 0.0142. The number of benzene rings is 2. The van der Waals surface area contributed by atoms with Crippen molar-refractivity contribution >= 4 is 38.2 Å². The number of nitrogens with zero attached hydrogens (tertiary/aromatic N) is 4. The van der Waals surface area contributed by atoms with E-state index in [1.807, 2.05) is 40.1 Å². The fourth-order valence-corrected chi connectivity index (χ4v) is 6.77. The average molecular weight is 601 g/mol. The molecule has 14 heteroatoms. The highest BCUT2D eigenvalue weighted by Crippen LogP contribution is 2.41. The molecular formula is C26H25ClF4N4O4S. The highest BCUT2D eigenvalue weighted by molar-refractivity contribution is 7.87. The molecule has 2 saturated heterocycles. The van der Waals surface area contributed by atoms with Gasteiger partial charge in [-0.2, -0.15) is 31.6 Å². The largest absolute Gasteiger partial charge is 0.534 e. The molecule has 1 unspecified atom stereocenters. The van der Waals surface area contributed by atoms with Gasteiger partial charge in [-0.15, -0.1) is 0 Å². The molecule has 2 aromatic carbocycles. The van der Waals surface area contributed by atoms with E-state index in [0.717, 1.165) is 29.4 Å². The molecule has 0 saturated carbocycles. The van der Waals surface area contributed by atoms with Crippen LogP contribution in [0.4, 0.5) is 23.2 Å². The zero-order chi connectivity index (χ0) is 28.3. The molecular weight excluding hydrogens is 576 g/mol. The van der Waals surface area contributed by atoms with Crippen LogP contribution < -0.4 is 13.8 Å². The second-order valence-electron chi connectivity index (χ2n) is 10.4. The number of anilines is 1. The van der Waals surface area contributed by atoms with E-state index >= 15 is 0 Å². The second kappa shape index (κ2) is 9.88. The van der Waals surface area contributed by atoms with Crippen molar-refractivity contribution in [1.29, 1.82) is 0 Å². The van der Waals surface area contributed by atoms with E-state index in [0.29, 0.717) is 18.0 Å². The van der Waals surface area contributed by atoms with Crippen molar-refractivity contribution in [2.24, 2.45) is 0 Å². The van der Waals surface area contributed by atoms with Gasteiger partial charge < -0.3 is 13.8 Å². The molecule has 3 aliphatic heterocycles. The Morgan fingerprint density at radius 3 is 2.67 bits per heavy atom. The topological polar surface area (TPSA) is 84.9 Å². The molecule has 0 N–H and O–H groups in total. The van der Waals surface area contributed by atoms with E-state index in [2.05, 4.69) is 14.2 Å². The number of hydrogen-bond donors (Lipinski definition) is 0. The molecule has 214 valence electrons. The lowest BCUT2D eigenvalue weighted by Crippen LogP contribution is -2.43. The third kappa shape index (κ3) is 4.81. The summed E-state index contributed by atoms with van der Waals surface area (Å²) >= 11 is 6.51. The number of rotatable bonds is 6. The van der Waals surface area contributed by atoms with Crippen LogP contribution in [0, 0.1) is 0 Å². The van der Waals surface area contributed by atoms with Gasteiger partial charge in [0.25, 0.3) is 0 Å². The Hall–Kier alpha value is -2.90. The molecule has 8 nitrogen and oxygen atoms in total. The molecule has 0 aliphatic carbocycles. The zero-order valence-corrected chi connectivity index (χ0v) is 22.7. The van der Waals surface area contributed by atoms with Gasteiger partial charge in [0.1, 0.15) is 12.8 Å². The van der Waals surface area contributed by atoms with Gasteiger partial charge in [-0.1, -0.05) is 35.9 Å². The number of aromatic nitrogens is 2.